The second-order valence-electron chi connectivity index (χ2n) is 5.51. The van der Waals surface area contributed by atoms with Crippen molar-refractivity contribution in [2.24, 2.45) is 0 Å². The number of fused-ring (bicyclic) bond motifs is 1. The summed E-state index contributed by atoms with van der Waals surface area (Å²) in [6.45, 7) is 7.96. The van der Waals surface area contributed by atoms with E-state index in [1.165, 1.54) is 10.9 Å². The Balaban J connectivity index is 2.23. The smallest absolute Gasteiger partial charge is 0.136 e. The van der Waals surface area contributed by atoms with Gasteiger partial charge in [-0.2, -0.15) is 0 Å². The minimum Gasteiger partial charge on any atom is -0.598 e. The minimum absolute atomic E-state index is 0.0598. The first kappa shape index (κ1) is 13.5. The number of hydrogen-bond acceptors (Lipinski definition) is 2. The van der Waals surface area contributed by atoms with Crippen molar-refractivity contribution in [3.05, 3.63) is 36.0 Å². The van der Waals surface area contributed by atoms with Gasteiger partial charge in [0.15, 0.2) is 0 Å². The molecule has 0 aliphatic carbocycles. The summed E-state index contributed by atoms with van der Waals surface area (Å²) in [5.41, 5.74) is 2.29. The highest BCUT2D eigenvalue weighted by Gasteiger charge is 2.28. The summed E-state index contributed by atoms with van der Waals surface area (Å²) < 4.78 is 15.0. The third-order valence-electron chi connectivity index (χ3n) is 2.94. The lowest BCUT2D eigenvalue weighted by molar-refractivity contribution is 0.532. The lowest BCUT2D eigenvalue weighted by Gasteiger charge is -2.26. The van der Waals surface area contributed by atoms with E-state index in [9.17, 15) is 4.55 Å². The molecule has 2 aromatic rings. The van der Waals surface area contributed by atoms with Crippen molar-refractivity contribution in [2.45, 2.75) is 38.5 Å². The third-order valence-corrected chi connectivity index (χ3v) is 4.62. The van der Waals surface area contributed by atoms with E-state index in [-0.39, 0.29) is 10.8 Å². The molecule has 0 spiro atoms. The van der Waals surface area contributed by atoms with Crippen molar-refractivity contribution in [1.29, 1.82) is 0 Å². The minimum atomic E-state index is -1.06. The molecule has 1 unspecified atom stereocenters. The van der Waals surface area contributed by atoms with E-state index >= 15 is 0 Å². The van der Waals surface area contributed by atoms with Crippen molar-refractivity contribution < 1.29 is 4.55 Å². The molecule has 0 aliphatic heterocycles. The molecule has 2 N–H and O–H groups in total. The zero-order chi connectivity index (χ0) is 13.3. The molecule has 2 atom stereocenters. The first-order chi connectivity index (χ1) is 8.39. The number of nitrogens with one attached hydrogen (secondary N) is 2. The predicted molar refractivity (Wildman–Crippen MR) is 77.7 cm³/mol. The standard InChI is InChI=1S/C14H20N2OS/c1-10(16-18(17)14(2,3)4)11-6-5-7-13-12(11)8-9-15-13/h5-10,15-16H,1-4H3/t10-,18?/m0/s1. The summed E-state index contributed by atoms with van der Waals surface area (Å²) in [6.07, 6.45) is 1.93. The summed E-state index contributed by atoms with van der Waals surface area (Å²) in [5.74, 6) is 0. The maximum Gasteiger partial charge on any atom is 0.136 e. The Bertz CT molecular complexity index is 530. The van der Waals surface area contributed by atoms with Crippen LogP contribution in [-0.4, -0.2) is 14.3 Å². The predicted octanol–water partition coefficient (Wildman–Crippen LogP) is 3.28. The van der Waals surface area contributed by atoms with Crippen LogP contribution in [0.4, 0.5) is 0 Å². The number of H-pyrrole nitrogens is 1. The maximum absolute atomic E-state index is 12.1. The Hall–Kier alpha value is -0.970. The summed E-state index contributed by atoms with van der Waals surface area (Å²) in [7, 11) is 0. The largest absolute Gasteiger partial charge is 0.598 e. The van der Waals surface area contributed by atoms with Crippen LogP contribution in [0.2, 0.25) is 0 Å². The van der Waals surface area contributed by atoms with E-state index in [4.69, 9.17) is 0 Å². The van der Waals surface area contributed by atoms with Crippen molar-refractivity contribution in [1.82, 2.24) is 9.71 Å². The molecular weight excluding hydrogens is 244 g/mol. The number of aromatic amines is 1. The second-order valence-corrected chi connectivity index (χ2v) is 7.50. The molecular formula is C14H20N2OS. The Morgan fingerprint density at radius 3 is 2.67 bits per heavy atom. The molecule has 0 saturated heterocycles. The van der Waals surface area contributed by atoms with Gasteiger partial charge in [0.1, 0.15) is 4.75 Å². The van der Waals surface area contributed by atoms with Crippen LogP contribution in [-0.2, 0) is 11.4 Å². The van der Waals surface area contributed by atoms with E-state index < -0.39 is 11.4 Å². The quantitative estimate of drug-likeness (QED) is 0.836. The summed E-state index contributed by atoms with van der Waals surface area (Å²) in [6, 6.07) is 8.26. The highest BCUT2D eigenvalue weighted by atomic mass is 32.2. The number of hydrogen-bond donors (Lipinski definition) is 2. The first-order valence-electron chi connectivity index (χ1n) is 6.13. The summed E-state index contributed by atoms with van der Waals surface area (Å²) in [4.78, 5) is 3.19. The van der Waals surface area contributed by atoms with Gasteiger partial charge in [0.25, 0.3) is 0 Å². The number of rotatable bonds is 3. The van der Waals surface area contributed by atoms with E-state index in [0.29, 0.717) is 0 Å². The van der Waals surface area contributed by atoms with Gasteiger partial charge in [-0.05, 0) is 45.4 Å². The molecule has 1 aromatic carbocycles. The van der Waals surface area contributed by atoms with Crippen LogP contribution in [0.3, 0.4) is 0 Å². The monoisotopic (exact) mass is 264 g/mol. The maximum atomic E-state index is 12.1. The molecule has 0 amide bonds. The Morgan fingerprint density at radius 2 is 2.00 bits per heavy atom. The lowest BCUT2D eigenvalue weighted by atomic mass is 10.1. The zero-order valence-electron chi connectivity index (χ0n) is 11.3. The first-order valence-corrected chi connectivity index (χ1v) is 7.28. The van der Waals surface area contributed by atoms with Crippen LogP contribution < -0.4 is 4.72 Å². The number of aromatic nitrogens is 1. The SMILES string of the molecule is C[C@H](N[S+]([O-])C(C)(C)C)c1cccc2[nH]ccc12. The van der Waals surface area contributed by atoms with Gasteiger partial charge in [-0.1, -0.05) is 12.1 Å². The van der Waals surface area contributed by atoms with Crippen LogP contribution in [0.5, 0.6) is 0 Å². The van der Waals surface area contributed by atoms with Gasteiger partial charge in [-0.3, -0.25) is 0 Å². The third kappa shape index (κ3) is 2.71. The average Bonchev–Trinajstić information content (AvgIpc) is 2.74. The van der Waals surface area contributed by atoms with Gasteiger partial charge in [-0.25, -0.2) is 0 Å². The zero-order valence-corrected chi connectivity index (χ0v) is 12.1. The molecule has 4 heteroatoms. The van der Waals surface area contributed by atoms with Crippen LogP contribution in [0.15, 0.2) is 30.5 Å². The van der Waals surface area contributed by atoms with Gasteiger partial charge in [0, 0.05) is 28.5 Å². The second kappa shape index (κ2) is 4.96. The van der Waals surface area contributed by atoms with Crippen molar-refractivity contribution >= 4 is 22.3 Å². The fraction of sp³-hybridized carbons (Fsp3) is 0.429. The summed E-state index contributed by atoms with van der Waals surface area (Å²) in [5, 5.41) is 1.18. The van der Waals surface area contributed by atoms with E-state index in [2.05, 4.69) is 21.8 Å². The van der Waals surface area contributed by atoms with E-state index in [0.717, 1.165) is 5.52 Å². The molecule has 0 saturated carbocycles. The lowest BCUT2D eigenvalue weighted by Crippen LogP contribution is -2.40. The van der Waals surface area contributed by atoms with Crippen LogP contribution in [0.25, 0.3) is 10.9 Å². The molecule has 98 valence electrons. The highest BCUT2D eigenvalue weighted by Crippen LogP contribution is 2.25. The van der Waals surface area contributed by atoms with E-state index in [1.807, 2.05) is 46.0 Å². The molecule has 0 aliphatic rings. The topological polar surface area (TPSA) is 50.9 Å². The van der Waals surface area contributed by atoms with Crippen molar-refractivity contribution in [2.75, 3.05) is 0 Å². The Kier molecular flexibility index (Phi) is 3.71. The molecule has 0 bridgehead atoms. The molecule has 1 aromatic heterocycles. The molecule has 3 nitrogen and oxygen atoms in total. The molecule has 18 heavy (non-hydrogen) atoms. The fourth-order valence-corrected chi connectivity index (χ4v) is 2.69. The van der Waals surface area contributed by atoms with E-state index in [1.54, 1.807) is 0 Å². The molecule has 2 rings (SSSR count). The fourth-order valence-electron chi connectivity index (χ4n) is 1.89. The normalized spacial score (nSPS) is 15.8. The molecule has 0 fully saturated rings. The molecule has 0 radical (unpaired) electrons. The van der Waals surface area contributed by atoms with Crippen molar-refractivity contribution in [3.63, 3.8) is 0 Å². The van der Waals surface area contributed by atoms with Crippen molar-refractivity contribution in [3.8, 4) is 0 Å². The summed E-state index contributed by atoms with van der Waals surface area (Å²) >= 11 is -1.06. The van der Waals surface area contributed by atoms with Gasteiger partial charge < -0.3 is 9.54 Å². The van der Waals surface area contributed by atoms with Crippen LogP contribution >= 0.6 is 0 Å². The Morgan fingerprint density at radius 1 is 1.28 bits per heavy atom. The highest BCUT2D eigenvalue weighted by molar-refractivity contribution is 7.90. The Labute approximate surface area is 111 Å². The van der Waals surface area contributed by atoms with Crippen LogP contribution in [0, 0.1) is 0 Å². The average molecular weight is 264 g/mol. The molecule has 1 heterocycles. The van der Waals surface area contributed by atoms with Gasteiger partial charge in [-0.15, -0.1) is 4.72 Å². The van der Waals surface area contributed by atoms with Gasteiger partial charge in [0.05, 0.1) is 6.04 Å². The van der Waals surface area contributed by atoms with Crippen LogP contribution in [0.1, 0.15) is 39.3 Å². The van der Waals surface area contributed by atoms with Gasteiger partial charge in [0.2, 0.25) is 0 Å². The number of benzene rings is 1. The van der Waals surface area contributed by atoms with Gasteiger partial charge >= 0.3 is 0 Å².